The number of likely N-dealkylation sites (tertiary alicyclic amines) is 1. The highest BCUT2D eigenvalue weighted by atomic mass is 16.3. The van der Waals surface area contributed by atoms with Gasteiger partial charge in [0, 0.05) is 37.3 Å². The summed E-state index contributed by atoms with van der Waals surface area (Å²) in [7, 11) is 2.24. The number of nitrogens with two attached hydrogens (primary N) is 1. The molecule has 4 heteroatoms. The molecule has 2 rings (SSSR count). The van der Waals surface area contributed by atoms with E-state index in [0.29, 0.717) is 6.04 Å². The summed E-state index contributed by atoms with van der Waals surface area (Å²) in [6, 6.07) is 1.60. The van der Waals surface area contributed by atoms with E-state index < -0.39 is 0 Å². The zero-order valence-electron chi connectivity index (χ0n) is 10.5. The van der Waals surface area contributed by atoms with Crippen molar-refractivity contribution in [2.45, 2.75) is 50.4 Å². The van der Waals surface area contributed by atoms with Crippen LogP contribution in [0.3, 0.4) is 0 Å². The zero-order chi connectivity index (χ0) is 11.7. The molecule has 4 atom stereocenters. The second-order valence-electron chi connectivity index (χ2n) is 5.44. The molecule has 0 aliphatic carbocycles. The Bertz CT molecular complexity index is 234. The molecule has 0 spiro atoms. The number of rotatable bonds is 3. The average Bonchev–Trinajstić information content (AvgIpc) is 2.45. The summed E-state index contributed by atoms with van der Waals surface area (Å²) in [4.78, 5) is 4.92. The monoisotopic (exact) mass is 227 g/mol. The van der Waals surface area contributed by atoms with Crippen LogP contribution in [0.4, 0.5) is 0 Å². The van der Waals surface area contributed by atoms with Gasteiger partial charge in [0.1, 0.15) is 0 Å². The second-order valence-corrected chi connectivity index (χ2v) is 5.44. The lowest BCUT2D eigenvalue weighted by Gasteiger charge is -2.34. The van der Waals surface area contributed by atoms with Gasteiger partial charge in [0.05, 0.1) is 6.61 Å². The molecule has 2 saturated heterocycles. The van der Waals surface area contributed by atoms with Crippen molar-refractivity contribution in [3.8, 4) is 0 Å². The van der Waals surface area contributed by atoms with Crippen molar-refractivity contribution in [2.24, 2.45) is 5.73 Å². The molecule has 2 heterocycles. The standard InChI is InChI=1S/C12H25N3O/c1-9(13)12(8-16)15-6-5-10-3-4-11(7-15)14(10)2/h9-12,16H,3-8,13H2,1-2H3. The van der Waals surface area contributed by atoms with Crippen LogP contribution in [-0.2, 0) is 0 Å². The second kappa shape index (κ2) is 5.00. The first-order valence-electron chi connectivity index (χ1n) is 6.46. The first-order valence-corrected chi connectivity index (χ1v) is 6.46. The molecule has 0 aromatic heterocycles. The fourth-order valence-electron chi connectivity index (χ4n) is 3.25. The summed E-state index contributed by atoms with van der Waals surface area (Å²) in [6.07, 6.45) is 3.86. The number of likely N-dealkylation sites (N-methyl/N-ethyl adjacent to an activating group) is 1. The summed E-state index contributed by atoms with van der Waals surface area (Å²) >= 11 is 0. The van der Waals surface area contributed by atoms with Crippen molar-refractivity contribution in [3.05, 3.63) is 0 Å². The van der Waals surface area contributed by atoms with E-state index in [2.05, 4.69) is 16.8 Å². The van der Waals surface area contributed by atoms with Crippen LogP contribution >= 0.6 is 0 Å². The van der Waals surface area contributed by atoms with Gasteiger partial charge in [-0.1, -0.05) is 0 Å². The maximum atomic E-state index is 9.44. The molecule has 16 heavy (non-hydrogen) atoms. The topological polar surface area (TPSA) is 52.7 Å². The fraction of sp³-hybridized carbons (Fsp3) is 1.00. The molecule has 0 aromatic rings. The van der Waals surface area contributed by atoms with Crippen molar-refractivity contribution < 1.29 is 5.11 Å². The van der Waals surface area contributed by atoms with Crippen molar-refractivity contribution in [1.82, 2.24) is 9.80 Å². The van der Waals surface area contributed by atoms with Crippen molar-refractivity contribution in [1.29, 1.82) is 0 Å². The van der Waals surface area contributed by atoms with Gasteiger partial charge in [-0.15, -0.1) is 0 Å². The Kier molecular flexibility index (Phi) is 3.85. The molecule has 4 nitrogen and oxygen atoms in total. The molecule has 0 saturated carbocycles. The molecule has 0 aromatic carbocycles. The van der Waals surface area contributed by atoms with Gasteiger partial charge in [-0.2, -0.15) is 0 Å². The molecule has 94 valence electrons. The van der Waals surface area contributed by atoms with E-state index >= 15 is 0 Å². The Hall–Kier alpha value is -0.160. The van der Waals surface area contributed by atoms with E-state index in [1.54, 1.807) is 0 Å². The predicted molar refractivity (Wildman–Crippen MR) is 65.3 cm³/mol. The Labute approximate surface area is 98.4 Å². The van der Waals surface area contributed by atoms with E-state index in [9.17, 15) is 5.11 Å². The minimum absolute atomic E-state index is 0.0481. The lowest BCUT2D eigenvalue weighted by molar-refractivity contribution is 0.0985. The summed E-state index contributed by atoms with van der Waals surface area (Å²) in [5.74, 6) is 0. The molecule has 0 radical (unpaired) electrons. The smallest absolute Gasteiger partial charge is 0.0601 e. The maximum absolute atomic E-state index is 9.44. The Balaban J connectivity index is 2.02. The van der Waals surface area contributed by atoms with Crippen LogP contribution in [0, 0.1) is 0 Å². The summed E-state index contributed by atoms with van der Waals surface area (Å²) < 4.78 is 0. The average molecular weight is 227 g/mol. The minimum atomic E-state index is 0.0481. The molecule has 2 aliphatic rings. The summed E-state index contributed by atoms with van der Waals surface area (Å²) in [5.41, 5.74) is 5.95. The first kappa shape index (κ1) is 12.3. The van der Waals surface area contributed by atoms with Gasteiger partial charge in [0.2, 0.25) is 0 Å². The number of hydrogen-bond donors (Lipinski definition) is 2. The van der Waals surface area contributed by atoms with E-state index in [0.717, 1.165) is 19.1 Å². The molecule has 2 fully saturated rings. The first-order chi connectivity index (χ1) is 7.63. The summed E-state index contributed by atoms with van der Waals surface area (Å²) in [6.45, 7) is 4.32. The van der Waals surface area contributed by atoms with Crippen LogP contribution in [0.5, 0.6) is 0 Å². The van der Waals surface area contributed by atoms with Crippen LogP contribution in [-0.4, -0.2) is 65.8 Å². The van der Waals surface area contributed by atoms with Gasteiger partial charge in [0.25, 0.3) is 0 Å². The third kappa shape index (κ3) is 2.25. The normalized spacial score (nSPS) is 36.0. The Morgan fingerprint density at radius 3 is 2.62 bits per heavy atom. The van der Waals surface area contributed by atoms with E-state index in [4.69, 9.17) is 5.73 Å². The van der Waals surface area contributed by atoms with Crippen LogP contribution in [0.2, 0.25) is 0 Å². The minimum Gasteiger partial charge on any atom is -0.395 e. The number of hydrogen-bond acceptors (Lipinski definition) is 4. The molecule has 3 N–H and O–H groups in total. The van der Waals surface area contributed by atoms with Crippen LogP contribution in [0.1, 0.15) is 26.2 Å². The van der Waals surface area contributed by atoms with Crippen molar-refractivity contribution in [3.63, 3.8) is 0 Å². The molecule has 0 amide bonds. The highest BCUT2D eigenvalue weighted by Crippen LogP contribution is 2.29. The highest BCUT2D eigenvalue weighted by Gasteiger charge is 2.36. The number of nitrogens with zero attached hydrogens (tertiary/aromatic N) is 2. The van der Waals surface area contributed by atoms with E-state index in [1.807, 2.05) is 6.92 Å². The predicted octanol–water partition coefficient (Wildman–Crippen LogP) is -0.137. The number of fused-ring (bicyclic) bond motifs is 2. The van der Waals surface area contributed by atoms with Gasteiger partial charge in [0.15, 0.2) is 0 Å². The fourth-order valence-corrected chi connectivity index (χ4v) is 3.25. The van der Waals surface area contributed by atoms with Gasteiger partial charge in [-0.25, -0.2) is 0 Å². The maximum Gasteiger partial charge on any atom is 0.0601 e. The van der Waals surface area contributed by atoms with Crippen LogP contribution in [0.25, 0.3) is 0 Å². The molecule has 4 unspecified atom stereocenters. The van der Waals surface area contributed by atoms with Gasteiger partial charge >= 0.3 is 0 Å². The lowest BCUT2D eigenvalue weighted by Crippen LogP contribution is -2.51. The molecular weight excluding hydrogens is 202 g/mol. The third-order valence-electron chi connectivity index (χ3n) is 4.44. The highest BCUT2D eigenvalue weighted by molar-refractivity contribution is 4.93. The van der Waals surface area contributed by atoms with Crippen molar-refractivity contribution >= 4 is 0 Å². The molecule has 2 bridgehead atoms. The number of aliphatic hydroxyl groups excluding tert-OH is 1. The van der Waals surface area contributed by atoms with Crippen LogP contribution < -0.4 is 5.73 Å². The van der Waals surface area contributed by atoms with E-state index in [1.165, 1.54) is 19.3 Å². The van der Waals surface area contributed by atoms with Crippen molar-refractivity contribution in [2.75, 3.05) is 26.7 Å². The molecular formula is C12H25N3O. The quantitative estimate of drug-likeness (QED) is 0.705. The van der Waals surface area contributed by atoms with Gasteiger partial charge in [-0.05, 0) is 33.2 Å². The summed E-state index contributed by atoms with van der Waals surface area (Å²) in [5, 5.41) is 9.44. The number of aliphatic hydroxyl groups is 1. The van der Waals surface area contributed by atoms with E-state index in [-0.39, 0.29) is 18.7 Å². The Morgan fingerprint density at radius 1 is 1.31 bits per heavy atom. The SMILES string of the molecule is CC(N)C(CO)N1CCC2CCC(C1)N2C. The zero-order valence-corrected chi connectivity index (χ0v) is 10.5. The van der Waals surface area contributed by atoms with Gasteiger partial charge < -0.3 is 10.8 Å². The van der Waals surface area contributed by atoms with Crippen LogP contribution in [0.15, 0.2) is 0 Å². The Morgan fingerprint density at radius 2 is 2.00 bits per heavy atom. The van der Waals surface area contributed by atoms with Gasteiger partial charge in [-0.3, -0.25) is 9.80 Å². The largest absolute Gasteiger partial charge is 0.395 e. The lowest BCUT2D eigenvalue weighted by atomic mass is 10.0. The third-order valence-corrected chi connectivity index (χ3v) is 4.44. The molecule has 2 aliphatic heterocycles.